The topological polar surface area (TPSA) is 101 Å². The molecular weight excluding hydrogens is 350 g/mol. The van der Waals surface area contributed by atoms with Gasteiger partial charge in [0.2, 0.25) is 10.0 Å². The van der Waals surface area contributed by atoms with Crippen molar-refractivity contribution in [3.8, 4) is 0 Å². The van der Waals surface area contributed by atoms with Gasteiger partial charge >= 0.3 is 0 Å². The molecule has 1 aromatic carbocycles. The normalized spacial score (nSPS) is 17.2. The van der Waals surface area contributed by atoms with Crippen LogP contribution in [0.4, 0.5) is 5.82 Å². The number of pyridine rings is 1. The van der Waals surface area contributed by atoms with Gasteiger partial charge < -0.3 is 11.1 Å². The van der Waals surface area contributed by atoms with Gasteiger partial charge in [-0.15, -0.1) is 0 Å². The first-order valence-electron chi connectivity index (χ1n) is 8.59. The largest absolute Gasteiger partial charge is 0.370 e. The number of hydrogen-bond donors (Lipinski definition) is 2. The van der Waals surface area contributed by atoms with Crippen molar-refractivity contribution in [1.29, 1.82) is 0 Å². The van der Waals surface area contributed by atoms with Gasteiger partial charge in [-0.05, 0) is 43.0 Å². The van der Waals surface area contributed by atoms with Crippen LogP contribution < -0.4 is 11.1 Å². The zero-order valence-electron chi connectivity index (χ0n) is 14.5. The molecule has 1 aliphatic heterocycles. The zero-order chi connectivity index (χ0) is 18.4. The maximum atomic E-state index is 12.6. The van der Waals surface area contributed by atoms with Crippen LogP contribution in [-0.4, -0.2) is 43.3 Å². The number of aromatic nitrogens is 1. The van der Waals surface area contributed by atoms with Crippen molar-refractivity contribution < 1.29 is 8.42 Å². The molecule has 0 radical (unpaired) electrons. The number of guanidine groups is 1. The van der Waals surface area contributed by atoms with Crippen LogP contribution in [0, 0.1) is 5.92 Å². The van der Waals surface area contributed by atoms with Crippen LogP contribution in [-0.2, 0) is 10.0 Å². The minimum atomic E-state index is -3.41. The van der Waals surface area contributed by atoms with Gasteiger partial charge in [0.25, 0.3) is 0 Å². The molecule has 0 atom stereocenters. The minimum absolute atomic E-state index is 0.321. The smallest absolute Gasteiger partial charge is 0.243 e. The first kappa shape index (κ1) is 18.3. The van der Waals surface area contributed by atoms with Crippen LogP contribution in [0.2, 0.25) is 0 Å². The second-order valence-electron chi connectivity index (χ2n) is 6.23. The molecule has 0 bridgehead atoms. The number of sulfonamides is 1. The van der Waals surface area contributed by atoms with E-state index in [2.05, 4.69) is 15.3 Å². The number of nitrogens with two attached hydrogens (primary N) is 1. The number of anilines is 1. The molecule has 3 N–H and O–H groups in total. The second-order valence-corrected chi connectivity index (χ2v) is 8.16. The number of aliphatic imine (C=N–C) groups is 1. The van der Waals surface area contributed by atoms with Gasteiger partial charge in [-0.3, -0.25) is 4.99 Å². The Morgan fingerprint density at radius 2 is 1.85 bits per heavy atom. The van der Waals surface area contributed by atoms with Crippen LogP contribution in [0.5, 0.6) is 0 Å². The fourth-order valence-electron chi connectivity index (χ4n) is 2.91. The average Bonchev–Trinajstić information content (AvgIpc) is 2.68. The maximum Gasteiger partial charge on any atom is 0.243 e. The molecule has 1 fully saturated rings. The summed E-state index contributed by atoms with van der Waals surface area (Å²) in [4.78, 5) is 8.85. The molecule has 1 aromatic heterocycles. The number of hydrogen-bond acceptors (Lipinski definition) is 4. The molecule has 2 heterocycles. The summed E-state index contributed by atoms with van der Waals surface area (Å²) in [5, 5.41) is 2.95. The highest BCUT2D eigenvalue weighted by Crippen LogP contribution is 2.23. The Kier molecular flexibility index (Phi) is 5.85. The van der Waals surface area contributed by atoms with Crippen LogP contribution in [0.15, 0.2) is 64.6 Å². The summed E-state index contributed by atoms with van der Waals surface area (Å²) in [5.41, 5.74) is 5.89. The number of nitrogens with zero attached hydrogens (tertiary/aromatic N) is 3. The maximum absolute atomic E-state index is 12.6. The number of nitrogens with one attached hydrogen (secondary N) is 1. The molecule has 0 aliphatic carbocycles. The molecule has 3 rings (SSSR count). The van der Waals surface area contributed by atoms with Crippen molar-refractivity contribution in [2.75, 3.05) is 25.0 Å². The fourth-order valence-corrected chi connectivity index (χ4v) is 4.40. The number of benzene rings is 1. The summed E-state index contributed by atoms with van der Waals surface area (Å²) in [6.07, 6.45) is 3.22. The lowest BCUT2D eigenvalue weighted by Gasteiger charge is -2.30. The minimum Gasteiger partial charge on any atom is -0.370 e. The van der Waals surface area contributed by atoms with E-state index in [0.717, 1.165) is 12.8 Å². The van der Waals surface area contributed by atoms with Gasteiger partial charge in [0.05, 0.1) is 4.90 Å². The highest BCUT2D eigenvalue weighted by atomic mass is 32.2. The molecule has 26 heavy (non-hydrogen) atoms. The quantitative estimate of drug-likeness (QED) is 0.616. The first-order valence-corrected chi connectivity index (χ1v) is 10.0. The van der Waals surface area contributed by atoms with Crippen LogP contribution in [0.25, 0.3) is 0 Å². The molecule has 2 aromatic rings. The van der Waals surface area contributed by atoms with Gasteiger partial charge in [0, 0.05) is 25.8 Å². The van der Waals surface area contributed by atoms with E-state index in [1.807, 2.05) is 24.3 Å². The Hall–Kier alpha value is -2.45. The van der Waals surface area contributed by atoms with E-state index in [9.17, 15) is 8.42 Å². The van der Waals surface area contributed by atoms with Crippen LogP contribution >= 0.6 is 0 Å². The third-order valence-electron chi connectivity index (χ3n) is 4.40. The monoisotopic (exact) mass is 373 g/mol. The highest BCUT2D eigenvalue weighted by Gasteiger charge is 2.29. The van der Waals surface area contributed by atoms with Gasteiger partial charge in [-0.1, -0.05) is 24.3 Å². The van der Waals surface area contributed by atoms with Crippen molar-refractivity contribution >= 4 is 21.8 Å². The summed E-state index contributed by atoms with van der Waals surface area (Å²) in [5.74, 6) is 1.29. The Morgan fingerprint density at radius 3 is 2.50 bits per heavy atom. The molecule has 8 heteroatoms. The summed E-state index contributed by atoms with van der Waals surface area (Å²) in [6.45, 7) is 1.58. The van der Waals surface area contributed by atoms with Gasteiger partial charge in [0.1, 0.15) is 5.82 Å². The molecule has 138 valence electrons. The van der Waals surface area contributed by atoms with Gasteiger partial charge in [0.15, 0.2) is 5.96 Å². The SMILES string of the molecule is NC(=NCC1CCN(S(=O)(=O)c2ccccc2)CC1)Nc1ccccn1. The molecule has 7 nitrogen and oxygen atoms in total. The number of rotatable bonds is 5. The lowest BCUT2D eigenvalue weighted by Crippen LogP contribution is -2.39. The van der Waals surface area contributed by atoms with E-state index in [4.69, 9.17) is 5.73 Å². The highest BCUT2D eigenvalue weighted by molar-refractivity contribution is 7.89. The molecule has 0 saturated carbocycles. The molecule has 0 unspecified atom stereocenters. The van der Waals surface area contributed by atoms with E-state index in [0.29, 0.717) is 42.2 Å². The first-order chi connectivity index (χ1) is 12.6. The summed E-state index contributed by atoms with van der Waals surface area (Å²) in [7, 11) is -3.41. The van der Waals surface area contributed by atoms with Gasteiger partial charge in [-0.2, -0.15) is 4.31 Å². The van der Waals surface area contributed by atoms with E-state index in [1.54, 1.807) is 34.8 Å². The van der Waals surface area contributed by atoms with Crippen molar-refractivity contribution in [3.05, 3.63) is 54.7 Å². The fraction of sp³-hybridized carbons (Fsp3) is 0.333. The van der Waals surface area contributed by atoms with E-state index < -0.39 is 10.0 Å². The Labute approximate surface area is 154 Å². The molecule has 0 amide bonds. The summed E-state index contributed by atoms with van der Waals surface area (Å²) < 4.78 is 26.8. The number of piperidine rings is 1. The third kappa shape index (κ3) is 4.59. The predicted molar refractivity (Wildman–Crippen MR) is 102 cm³/mol. The lowest BCUT2D eigenvalue weighted by molar-refractivity contribution is 0.279. The Bertz CT molecular complexity index is 832. The van der Waals surface area contributed by atoms with E-state index >= 15 is 0 Å². The zero-order valence-corrected chi connectivity index (χ0v) is 15.3. The standard InChI is InChI=1S/C18H23N5O2S/c19-18(22-17-8-4-5-11-20-17)21-14-15-9-12-23(13-10-15)26(24,25)16-6-2-1-3-7-16/h1-8,11,15H,9-10,12-14H2,(H3,19,20,21,22). The molecule has 1 saturated heterocycles. The van der Waals surface area contributed by atoms with Crippen LogP contribution in [0.3, 0.4) is 0 Å². The lowest BCUT2D eigenvalue weighted by atomic mass is 9.98. The summed E-state index contributed by atoms with van der Waals surface area (Å²) >= 11 is 0. The van der Waals surface area contributed by atoms with Crippen LogP contribution in [0.1, 0.15) is 12.8 Å². The second kappa shape index (κ2) is 8.29. The van der Waals surface area contributed by atoms with E-state index in [1.165, 1.54) is 0 Å². The Morgan fingerprint density at radius 1 is 1.15 bits per heavy atom. The van der Waals surface area contributed by atoms with Crippen molar-refractivity contribution in [3.63, 3.8) is 0 Å². The predicted octanol–water partition coefficient (Wildman–Crippen LogP) is 1.91. The van der Waals surface area contributed by atoms with Crippen molar-refractivity contribution in [1.82, 2.24) is 9.29 Å². The molecular formula is C18H23N5O2S. The third-order valence-corrected chi connectivity index (χ3v) is 6.31. The molecule has 0 spiro atoms. The van der Waals surface area contributed by atoms with Crippen molar-refractivity contribution in [2.45, 2.75) is 17.7 Å². The van der Waals surface area contributed by atoms with Gasteiger partial charge in [-0.25, -0.2) is 13.4 Å². The molecule has 1 aliphatic rings. The van der Waals surface area contributed by atoms with E-state index in [-0.39, 0.29) is 0 Å². The average molecular weight is 373 g/mol. The summed E-state index contributed by atoms with van der Waals surface area (Å²) in [6, 6.07) is 14.1. The van der Waals surface area contributed by atoms with Crippen molar-refractivity contribution in [2.24, 2.45) is 16.6 Å². The Balaban J connectivity index is 1.52.